The number of para-hydroxylation sites is 1. The van der Waals surface area contributed by atoms with Gasteiger partial charge >= 0.3 is 5.97 Å². The number of H-pyrrole nitrogens is 1. The summed E-state index contributed by atoms with van der Waals surface area (Å²) < 4.78 is 4.72. The number of benzene rings is 1. The molecule has 1 aromatic carbocycles. The predicted octanol–water partition coefficient (Wildman–Crippen LogP) is 2.50. The van der Waals surface area contributed by atoms with Gasteiger partial charge in [0.1, 0.15) is 0 Å². The summed E-state index contributed by atoms with van der Waals surface area (Å²) in [6.45, 7) is 4.64. The Morgan fingerprint density at radius 1 is 1.35 bits per heavy atom. The number of hydrogen-bond acceptors (Lipinski definition) is 3. The van der Waals surface area contributed by atoms with Crippen molar-refractivity contribution >= 4 is 16.9 Å². The predicted molar refractivity (Wildman–Crippen MR) is 80.6 cm³/mol. The summed E-state index contributed by atoms with van der Waals surface area (Å²) in [5.41, 5.74) is 2.46. The molecule has 0 unspecified atom stereocenters. The minimum atomic E-state index is -0.170. The van der Waals surface area contributed by atoms with Crippen LogP contribution >= 0.6 is 0 Å². The molecule has 4 nitrogen and oxygen atoms in total. The fraction of sp³-hybridized carbons (Fsp3) is 0.438. The maximum absolute atomic E-state index is 11.3. The molecule has 108 valence electrons. The van der Waals surface area contributed by atoms with Crippen molar-refractivity contribution in [2.24, 2.45) is 5.92 Å². The monoisotopic (exact) mass is 274 g/mol. The highest BCUT2D eigenvalue weighted by Gasteiger charge is 2.14. The highest BCUT2D eigenvalue weighted by atomic mass is 16.5. The number of fused-ring (bicyclic) bond motifs is 1. The Morgan fingerprint density at radius 2 is 2.10 bits per heavy atom. The van der Waals surface area contributed by atoms with Gasteiger partial charge in [-0.25, -0.2) is 0 Å². The van der Waals surface area contributed by atoms with Crippen LogP contribution in [0, 0.1) is 5.92 Å². The lowest BCUT2D eigenvalue weighted by molar-refractivity contribution is -0.144. The number of methoxy groups -OCH3 is 1. The molecule has 0 aliphatic carbocycles. The van der Waals surface area contributed by atoms with Gasteiger partial charge in [-0.05, 0) is 25.0 Å². The normalized spacial score (nSPS) is 14.2. The van der Waals surface area contributed by atoms with E-state index in [4.69, 9.17) is 4.74 Å². The Morgan fingerprint density at radius 3 is 2.85 bits per heavy atom. The Kier molecular flexibility index (Phi) is 4.79. The van der Waals surface area contributed by atoms with Gasteiger partial charge in [-0.3, -0.25) is 4.79 Å². The Balaban J connectivity index is 1.91. The van der Waals surface area contributed by atoms with Crippen molar-refractivity contribution < 1.29 is 9.53 Å². The summed E-state index contributed by atoms with van der Waals surface area (Å²) >= 11 is 0. The topological polar surface area (TPSA) is 54.1 Å². The summed E-state index contributed by atoms with van der Waals surface area (Å²) in [4.78, 5) is 14.6. The number of rotatable bonds is 6. The summed E-state index contributed by atoms with van der Waals surface area (Å²) in [5, 5.41) is 4.65. The van der Waals surface area contributed by atoms with Crippen molar-refractivity contribution in [1.82, 2.24) is 10.3 Å². The summed E-state index contributed by atoms with van der Waals surface area (Å²) in [7, 11) is 1.42. The van der Waals surface area contributed by atoms with Gasteiger partial charge in [0.2, 0.25) is 0 Å². The van der Waals surface area contributed by atoms with Crippen LogP contribution in [0.4, 0.5) is 0 Å². The van der Waals surface area contributed by atoms with Crippen molar-refractivity contribution in [2.75, 3.05) is 13.7 Å². The molecule has 2 N–H and O–H groups in total. The van der Waals surface area contributed by atoms with Gasteiger partial charge in [0.25, 0.3) is 0 Å². The molecule has 4 heteroatoms. The number of ether oxygens (including phenoxy) is 1. The molecule has 0 bridgehead atoms. The van der Waals surface area contributed by atoms with Crippen LogP contribution in [0.3, 0.4) is 0 Å². The lowest BCUT2D eigenvalue weighted by Crippen LogP contribution is -2.34. The number of hydrogen-bond donors (Lipinski definition) is 2. The average molecular weight is 274 g/mol. The van der Waals surface area contributed by atoms with Gasteiger partial charge in [0.15, 0.2) is 0 Å². The Bertz CT molecular complexity index is 577. The third-order valence-electron chi connectivity index (χ3n) is 3.58. The van der Waals surface area contributed by atoms with Gasteiger partial charge in [0.05, 0.1) is 13.0 Å². The highest BCUT2D eigenvalue weighted by Crippen LogP contribution is 2.19. The summed E-state index contributed by atoms with van der Waals surface area (Å²) in [6.07, 6.45) is 2.99. The Labute approximate surface area is 119 Å². The molecule has 20 heavy (non-hydrogen) atoms. The second-order valence-corrected chi connectivity index (χ2v) is 5.30. The maximum Gasteiger partial charge on any atom is 0.309 e. The molecular weight excluding hydrogens is 252 g/mol. The first-order chi connectivity index (χ1) is 9.61. The molecule has 0 spiro atoms. The van der Waals surface area contributed by atoms with E-state index in [1.165, 1.54) is 18.1 Å². The minimum Gasteiger partial charge on any atom is -0.469 e. The minimum absolute atomic E-state index is 0.120. The van der Waals surface area contributed by atoms with E-state index in [1.807, 2.05) is 13.0 Å². The molecule has 0 aliphatic rings. The summed E-state index contributed by atoms with van der Waals surface area (Å²) in [6, 6.07) is 8.60. The zero-order valence-corrected chi connectivity index (χ0v) is 12.3. The van der Waals surface area contributed by atoms with E-state index < -0.39 is 0 Å². The van der Waals surface area contributed by atoms with Gasteiger partial charge in [-0.1, -0.05) is 25.1 Å². The van der Waals surface area contributed by atoms with Gasteiger partial charge < -0.3 is 15.0 Å². The van der Waals surface area contributed by atoms with Crippen molar-refractivity contribution in [3.63, 3.8) is 0 Å². The van der Waals surface area contributed by atoms with E-state index in [1.54, 1.807) is 0 Å². The third-order valence-corrected chi connectivity index (χ3v) is 3.58. The first-order valence-electron chi connectivity index (χ1n) is 6.98. The van der Waals surface area contributed by atoms with Crippen LogP contribution in [0.15, 0.2) is 30.5 Å². The van der Waals surface area contributed by atoms with Crippen LogP contribution in [0.2, 0.25) is 0 Å². The highest BCUT2D eigenvalue weighted by molar-refractivity contribution is 5.83. The molecule has 0 radical (unpaired) electrons. The van der Waals surface area contributed by atoms with Crippen LogP contribution in [0.25, 0.3) is 10.9 Å². The molecule has 1 aromatic heterocycles. The average Bonchev–Trinajstić information content (AvgIpc) is 2.87. The first kappa shape index (κ1) is 14.6. The number of carbonyl (C=O) groups is 1. The Hall–Kier alpha value is -1.81. The van der Waals surface area contributed by atoms with Crippen LogP contribution in [0.5, 0.6) is 0 Å². The smallest absolute Gasteiger partial charge is 0.309 e. The van der Waals surface area contributed by atoms with Crippen molar-refractivity contribution in [1.29, 1.82) is 0 Å². The number of aromatic amines is 1. The second-order valence-electron chi connectivity index (χ2n) is 5.30. The molecule has 0 saturated heterocycles. The van der Waals surface area contributed by atoms with Crippen LogP contribution < -0.4 is 5.32 Å². The van der Waals surface area contributed by atoms with Gasteiger partial charge in [-0.2, -0.15) is 0 Å². The van der Waals surface area contributed by atoms with E-state index >= 15 is 0 Å². The SMILES string of the molecule is COC(=O)[C@H](C)CN[C@H](C)Cc1c[nH]c2ccccc12. The van der Waals surface area contributed by atoms with E-state index in [0.717, 1.165) is 11.9 Å². The lowest BCUT2D eigenvalue weighted by atomic mass is 10.1. The van der Waals surface area contributed by atoms with E-state index in [9.17, 15) is 4.79 Å². The zero-order chi connectivity index (χ0) is 14.5. The van der Waals surface area contributed by atoms with Crippen LogP contribution in [0.1, 0.15) is 19.4 Å². The molecule has 2 aromatic rings. The van der Waals surface area contributed by atoms with Crippen LogP contribution in [-0.4, -0.2) is 30.6 Å². The number of esters is 1. The van der Waals surface area contributed by atoms with Crippen molar-refractivity contribution in [3.8, 4) is 0 Å². The van der Waals surface area contributed by atoms with E-state index in [0.29, 0.717) is 12.6 Å². The molecule has 1 heterocycles. The molecule has 0 aliphatic heterocycles. The van der Waals surface area contributed by atoms with Gasteiger partial charge in [-0.15, -0.1) is 0 Å². The molecule has 0 fully saturated rings. The largest absolute Gasteiger partial charge is 0.469 e. The molecule has 0 amide bonds. The van der Waals surface area contributed by atoms with Crippen LogP contribution in [-0.2, 0) is 16.0 Å². The zero-order valence-electron chi connectivity index (χ0n) is 12.3. The molecular formula is C16H22N2O2. The fourth-order valence-electron chi connectivity index (χ4n) is 2.37. The second kappa shape index (κ2) is 6.57. The number of nitrogens with one attached hydrogen (secondary N) is 2. The van der Waals surface area contributed by atoms with E-state index in [-0.39, 0.29) is 11.9 Å². The maximum atomic E-state index is 11.3. The first-order valence-corrected chi connectivity index (χ1v) is 6.98. The number of aromatic nitrogens is 1. The van der Waals surface area contributed by atoms with Gasteiger partial charge in [0, 0.05) is 29.7 Å². The quantitative estimate of drug-likeness (QED) is 0.796. The van der Waals surface area contributed by atoms with Crippen molar-refractivity contribution in [2.45, 2.75) is 26.3 Å². The standard InChI is InChI=1S/C16H22N2O2/c1-11(16(19)20-3)9-17-12(2)8-13-10-18-15-7-5-4-6-14(13)15/h4-7,10-12,17-18H,8-9H2,1-3H3/t11-,12-/m1/s1. The lowest BCUT2D eigenvalue weighted by Gasteiger charge is -2.16. The molecule has 0 saturated carbocycles. The van der Waals surface area contributed by atoms with E-state index in [2.05, 4.69) is 41.6 Å². The molecule has 2 rings (SSSR count). The summed E-state index contributed by atoms with van der Waals surface area (Å²) in [5.74, 6) is -0.290. The van der Waals surface area contributed by atoms with Crippen molar-refractivity contribution in [3.05, 3.63) is 36.0 Å². The molecule has 2 atom stereocenters. The number of carbonyl (C=O) groups excluding carboxylic acids is 1. The third kappa shape index (κ3) is 3.39. The fourth-order valence-corrected chi connectivity index (χ4v) is 2.37.